The van der Waals surface area contributed by atoms with Crippen LogP contribution in [0.2, 0.25) is 0 Å². The SMILES string of the molecule is CN(C1CC1)S(=O)(=O)c1cc(CCl)ccc1F. The van der Waals surface area contributed by atoms with E-state index in [2.05, 4.69) is 0 Å². The van der Waals surface area contributed by atoms with Gasteiger partial charge in [-0.2, -0.15) is 4.31 Å². The fraction of sp³-hybridized carbons (Fsp3) is 0.455. The van der Waals surface area contributed by atoms with Gasteiger partial charge < -0.3 is 0 Å². The van der Waals surface area contributed by atoms with Gasteiger partial charge in [-0.05, 0) is 30.5 Å². The predicted octanol–water partition coefficient (Wildman–Crippen LogP) is 2.35. The third-order valence-corrected chi connectivity index (χ3v) is 5.10. The van der Waals surface area contributed by atoms with Crippen molar-refractivity contribution < 1.29 is 12.8 Å². The van der Waals surface area contributed by atoms with E-state index in [9.17, 15) is 12.8 Å². The Morgan fingerprint density at radius 1 is 1.47 bits per heavy atom. The lowest BCUT2D eigenvalue weighted by Gasteiger charge is -2.17. The Balaban J connectivity index is 2.44. The van der Waals surface area contributed by atoms with E-state index in [0.29, 0.717) is 5.56 Å². The second-order valence-corrected chi connectivity index (χ2v) is 6.38. The molecule has 0 aliphatic heterocycles. The lowest BCUT2D eigenvalue weighted by Crippen LogP contribution is -2.29. The fourth-order valence-corrected chi connectivity index (χ4v) is 3.31. The van der Waals surface area contributed by atoms with E-state index in [1.807, 2.05) is 0 Å². The highest BCUT2D eigenvalue weighted by Gasteiger charge is 2.36. The third kappa shape index (κ3) is 2.46. The molecule has 0 aromatic heterocycles. The summed E-state index contributed by atoms with van der Waals surface area (Å²) >= 11 is 5.62. The Labute approximate surface area is 105 Å². The molecule has 3 nitrogen and oxygen atoms in total. The Bertz CT molecular complexity index is 528. The van der Waals surface area contributed by atoms with Crippen LogP contribution in [0.4, 0.5) is 4.39 Å². The molecule has 0 N–H and O–H groups in total. The molecule has 0 heterocycles. The minimum absolute atomic E-state index is 0.0130. The summed E-state index contributed by atoms with van der Waals surface area (Å²) in [6.45, 7) is 0. The Morgan fingerprint density at radius 3 is 2.65 bits per heavy atom. The van der Waals surface area contributed by atoms with Crippen molar-refractivity contribution in [3.05, 3.63) is 29.6 Å². The predicted molar refractivity (Wildman–Crippen MR) is 63.9 cm³/mol. The standard InChI is InChI=1S/C11H13ClFNO2S/c1-14(9-3-4-9)17(15,16)11-6-8(7-12)2-5-10(11)13/h2,5-6,9H,3-4,7H2,1H3. The minimum atomic E-state index is -3.74. The number of hydrogen-bond donors (Lipinski definition) is 0. The average Bonchev–Trinajstić information content (AvgIpc) is 3.12. The number of rotatable bonds is 4. The van der Waals surface area contributed by atoms with Crippen LogP contribution in [0.5, 0.6) is 0 Å². The molecule has 0 amide bonds. The summed E-state index contributed by atoms with van der Waals surface area (Å²) in [6.07, 6.45) is 1.68. The maximum atomic E-state index is 13.6. The average molecular weight is 278 g/mol. The monoisotopic (exact) mass is 277 g/mol. The second-order valence-electron chi connectivity index (χ2n) is 4.15. The van der Waals surface area contributed by atoms with Crippen LogP contribution >= 0.6 is 11.6 Å². The van der Waals surface area contributed by atoms with Gasteiger partial charge in [0.15, 0.2) is 0 Å². The number of hydrogen-bond acceptors (Lipinski definition) is 2. The Kier molecular flexibility index (Phi) is 3.43. The first kappa shape index (κ1) is 12.8. The molecule has 1 aromatic carbocycles. The largest absolute Gasteiger partial charge is 0.245 e. The Hall–Kier alpha value is -0.650. The quantitative estimate of drug-likeness (QED) is 0.792. The Morgan fingerprint density at radius 2 is 2.12 bits per heavy atom. The number of nitrogens with zero attached hydrogens (tertiary/aromatic N) is 1. The highest BCUT2D eigenvalue weighted by Crippen LogP contribution is 2.31. The first-order valence-corrected chi connectivity index (χ1v) is 7.26. The number of halogens is 2. The molecule has 94 valence electrons. The number of alkyl halides is 1. The summed E-state index contributed by atoms with van der Waals surface area (Å²) in [7, 11) is -2.25. The summed E-state index contributed by atoms with van der Waals surface area (Å²) in [5.74, 6) is -0.568. The molecule has 0 atom stereocenters. The van der Waals surface area contributed by atoms with Crippen LogP contribution in [0.25, 0.3) is 0 Å². The lowest BCUT2D eigenvalue weighted by atomic mass is 10.2. The van der Waals surface area contributed by atoms with Gasteiger partial charge >= 0.3 is 0 Å². The van der Waals surface area contributed by atoms with E-state index < -0.39 is 15.8 Å². The molecule has 0 saturated heterocycles. The van der Waals surface area contributed by atoms with Crippen molar-refractivity contribution in [3.8, 4) is 0 Å². The van der Waals surface area contributed by atoms with Crippen molar-refractivity contribution >= 4 is 21.6 Å². The van der Waals surface area contributed by atoms with Crippen LogP contribution in [0.15, 0.2) is 23.1 Å². The van der Waals surface area contributed by atoms with Crippen LogP contribution in [-0.4, -0.2) is 25.8 Å². The maximum Gasteiger partial charge on any atom is 0.245 e. The highest BCUT2D eigenvalue weighted by molar-refractivity contribution is 7.89. The van der Waals surface area contributed by atoms with E-state index in [4.69, 9.17) is 11.6 Å². The van der Waals surface area contributed by atoms with Crippen LogP contribution in [0.3, 0.4) is 0 Å². The minimum Gasteiger partial charge on any atom is -0.207 e. The van der Waals surface area contributed by atoms with E-state index in [1.54, 1.807) is 0 Å². The zero-order chi connectivity index (χ0) is 12.6. The van der Waals surface area contributed by atoms with Gasteiger partial charge in [0.25, 0.3) is 0 Å². The molecule has 1 saturated carbocycles. The zero-order valence-corrected chi connectivity index (χ0v) is 10.9. The van der Waals surface area contributed by atoms with E-state index in [0.717, 1.165) is 18.9 Å². The van der Waals surface area contributed by atoms with Gasteiger partial charge in [-0.1, -0.05) is 6.07 Å². The molecule has 0 unspecified atom stereocenters. The van der Waals surface area contributed by atoms with Gasteiger partial charge in [-0.15, -0.1) is 11.6 Å². The van der Waals surface area contributed by atoms with Crippen LogP contribution < -0.4 is 0 Å². The van der Waals surface area contributed by atoms with Crippen molar-refractivity contribution in [1.82, 2.24) is 4.31 Å². The molecule has 17 heavy (non-hydrogen) atoms. The summed E-state index contributed by atoms with van der Waals surface area (Å²) in [4.78, 5) is -0.287. The normalized spacial score (nSPS) is 16.5. The number of sulfonamides is 1. The molecular weight excluding hydrogens is 265 g/mol. The van der Waals surface area contributed by atoms with E-state index in [1.165, 1.54) is 23.5 Å². The van der Waals surface area contributed by atoms with Gasteiger partial charge in [-0.3, -0.25) is 0 Å². The van der Waals surface area contributed by atoms with Crippen LogP contribution in [-0.2, 0) is 15.9 Å². The fourth-order valence-electron chi connectivity index (χ4n) is 1.62. The van der Waals surface area contributed by atoms with Crippen molar-refractivity contribution in [3.63, 3.8) is 0 Å². The van der Waals surface area contributed by atoms with Gasteiger partial charge in [0.2, 0.25) is 10.0 Å². The summed E-state index contributed by atoms with van der Waals surface area (Å²) in [5, 5.41) is 0. The molecule has 1 aromatic rings. The molecule has 1 aliphatic carbocycles. The first-order chi connectivity index (χ1) is 7.96. The smallest absolute Gasteiger partial charge is 0.207 e. The molecule has 1 fully saturated rings. The molecule has 1 aliphatic rings. The van der Waals surface area contributed by atoms with E-state index >= 15 is 0 Å². The van der Waals surface area contributed by atoms with Crippen molar-refractivity contribution in [2.24, 2.45) is 0 Å². The molecule has 0 bridgehead atoms. The topological polar surface area (TPSA) is 37.4 Å². The van der Waals surface area contributed by atoms with Crippen LogP contribution in [0, 0.1) is 5.82 Å². The molecule has 0 radical (unpaired) electrons. The summed E-state index contributed by atoms with van der Waals surface area (Å²) < 4.78 is 39.1. The molecule has 0 spiro atoms. The highest BCUT2D eigenvalue weighted by atomic mass is 35.5. The van der Waals surface area contributed by atoms with Crippen LogP contribution in [0.1, 0.15) is 18.4 Å². The van der Waals surface area contributed by atoms with Crippen molar-refractivity contribution in [2.45, 2.75) is 29.7 Å². The molecule has 2 rings (SSSR count). The van der Waals surface area contributed by atoms with Crippen molar-refractivity contribution in [2.75, 3.05) is 7.05 Å². The third-order valence-electron chi connectivity index (χ3n) is 2.87. The summed E-state index contributed by atoms with van der Waals surface area (Å²) in [5.41, 5.74) is 0.593. The van der Waals surface area contributed by atoms with E-state index in [-0.39, 0.29) is 16.8 Å². The molecular formula is C11H13ClFNO2S. The maximum absolute atomic E-state index is 13.6. The van der Waals surface area contributed by atoms with Gasteiger partial charge in [0.05, 0.1) is 0 Å². The molecule has 6 heteroatoms. The first-order valence-electron chi connectivity index (χ1n) is 5.29. The van der Waals surface area contributed by atoms with Gasteiger partial charge in [0.1, 0.15) is 10.7 Å². The lowest BCUT2D eigenvalue weighted by molar-refractivity contribution is 0.457. The van der Waals surface area contributed by atoms with Crippen molar-refractivity contribution in [1.29, 1.82) is 0 Å². The number of benzene rings is 1. The zero-order valence-electron chi connectivity index (χ0n) is 9.36. The second kappa shape index (κ2) is 4.55. The van der Waals surface area contributed by atoms with Gasteiger partial charge in [0, 0.05) is 19.0 Å². The van der Waals surface area contributed by atoms with Gasteiger partial charge in [-0.25, -0.2) is 12.8 Å². The summed E-state index contributed by atoms with van der Waals surface area (Å²) in [6, 6.07) is 3.94.